The summed E-state index contributed by atoms with van der Waals surface area (Å²) in [5.74, 6) is -1.33. The zero-order valence-electron chi connectivity index (χ0n) is 15.1. The van der Waals surface area contributed by atoms with Crippen molar-refractivity contribution in [2.24, 2.45) is 7.05 Å². The molecule has 0 radical (unpaired) electrons. The Labute approximate surface area is 169 Å². The van der Waals surface area contributed by atoms with Gasteiger partial charge in [-0.05, 0) is 42.5 Å². The van der Waals surface area contributed by atoms with Gasteiger partial charge in [-0.2, -0.15) is 5.10 Å². The summed E-state index contributed by atoms with van der Waals surface area (Å²) in [7, 11) is 1.70. The first kappa shape index (κ1) is 17.5. The standard InChI is InChI=1S/C21H12ClFN4O2/c1-26-19-17(18(25-26)11-5-7-13(23)8-6-11)16-15(10-24-19)20(28)27(21(16)29)14-4-2-3-12(22)9-14/h2-10H,1H3. The van der Waals surface area contributed by atoms with Crippen molar-refractivity contribution >= 4 is 40.1 Å². The third kappa shape index (κ3) is 2.55. The van der Waals surface area contributed by atoms with Crippen LogP contribution in [-0.4, -0.2) is 26.6 Å². The number of amides is 2. The van der Waals surface area contributed by atoms with Gasteiger partial charge >= 0.3 is 0 Å². The Bertz CT molecular complexity index is 1330. The number of nitrogens with zero attached hydrogens (tertiary/aromatic N) is 4. The SMILES string of the molecule is Cn1nc(-c2ccc(F)cc2)c2c3c(cnc21)C(=O)N(c1cccc(Cl)c1)C3=O. The molecule has 0 N–H and O–H groups in total. The van der Waals surface area contributed by atoms with Gasteiger partial charge in [0.15, 0.2) is 5.65 Å². The van der Waals surface area contributed by atoms with Crippen molar-refractivity contribution in [1.29, 1.82) is 0 Å². The molecule has 8 heteroatoms. The Morgan fingerprint density at radius 2 is 1.79 bits per heavy atom. The Kier molecular flexibility index (Phi) is 3.75. The van der Waals surface area contributed by atoms with E-state index in [1.165, 1.54) is 23.0 Å². The monoisotopic (exact) mass is 406 g/mol. The van der Waals surface area contributed by atoms with Gasteiger partial charge in [0.2, 0.25) is 0 Å². The summed E-state index contributed by atoms with van der Waals surface area (Å²) in [6, 6.07) is 12.3. The number of benzene rings is 2. The summed E-state index contributed by atoms with van der Waals surface area (Å²) in [5, 5.41) is 5.34. The van der Waals surface area contributed by atoms with Crippen molar-refractivity contribution < 1.29 is 14.0 Å². The van der Waals surface area contributed by atoms with E-state index in [0.717, 1.165) is 4.90 Å². The first-order valence-electron chi connectivity index (χ1n) is 8.71. The summed E-state index contributed by atoms with van der Waals surface area (Å²) in [6.07, 6.45) is 1.39. The number of carbonyl (C=O) groups is 2. The number of hydrogen-bond donors (Lipinski definition) is 0. The Morgan fingerprint density at radius 3 is 2.52 bits per heavy atom. The highest BCUT2D eigenvalue weighted by Crippen LogP contribution is 2.37. The molecule has 142 valence electrons. The van der Waals surface area contributed by atoms with Crippen LogP contribution in [0, 0.1) is 5.82 Å². The molecule has 4 aromatic rings. The van der Waals surface area contributed by atoms with Crippen molar-refractivity contribution in [2.45, 2.75) is 0 Å². The second kappa shape index (κ2) is 6.22. The van der Waals surface area contributed by atoms with E-state index in [0.29, 0.717) is 33.0 Å². The van der Waals surface area contributed by atoms with E-state index in [1.807, 2.05) is 0 Å². The van der Waals surface area contributed by atoms with Gasteiger partial charge in [0.25, 0.3) is 11.8 Å². The quantitative estimate of drug-likeness (QED) is 0.467. The lowest BCUT2D eigenvalue weighted by molar-refractivity contribution is 0.0926. The van der Waals surface area contributed by atoms with Crippen LogP contribution in [0.1, 0.15) is 20.7 Å². The largest absolute Gasteiger partial charge is 0.268 e. The minimum absolute atomic E-state index is 0.193. The van der Waals surface area contributed by atoms with Crippen LogP contribution in [0.25, 0.3) is 22.3 Å². The molecule has 0 saturated heterocycles. The van der Waals surface area contributed by atoms with Crippen molar-refractivity contribution in [1.82, 2.24) is 14.8 Å². The van der Waals surface area contributed by atoms with Crippen molar-refractivity contribution in [2.75, 3.05) is 4.90 Å². The van der Waals surface area contributed by atoms with E-state index in [9.17, 15) is 14.0 Å². The average molecular weight is 407 g/mol. The molecule has 2 amide bonds. The molecule has 0 saturated carbocycles. The van der Waals surface area contributed by atoms with E-state index < -0.39 is 11.8 Å². The number of fused-ring (bicyclic) bond motifs is 3. The molecule has 1 aliphatic heterocycles. The van der Waals surface area contributed by atoms with Gasteiger partial charge < -0.3 is 0 Å². The molecule has 6 nitrogen and oxygen atoms in total. The number of halogens is 2. The number of pyridine rings is 1. The molecule has 3 heterocycles. The summed E-state index contributed by atoms with van der Waals surface area (Å²) in [5.41, 5.74) is 2.34. The van der Waals surface area contributed by atoms with Gasteiger partial charge in [0, 0.05) is 23.8 Å². The number of carbonyl (C=O) groups excluding carboxylic acids is 2. The van der Waals surface area contributed by atoms with Crippen LogP contribution in [0.4, 0.5) is 10.1 Å². The molecule has 0 aliphatic carbocycles. The van der Waals surface area contributed by atoms with Gasteiger partial charge in [-0.3, -0.25) is 9.59 Å². The highest BCUT2D eigenvalue weighted by molar-refractivity contribution is 6.38. The minimum Gasteiger partial charge on any atom is -0.268 e. The molecule has 29 heavy (non-hydrogen) atoms. The zero-order valence-corrected chi connectivity index (χ0v) is 15.8. The van der Waals surface area contributed by atoms with Gasteiger partial charge in [0.05, 0.1) is 22.2 Å². The molecule has 0 bridgehead atoms. The molecule has 0 unspecified atom stereocenters. The van der Waals surface area contributed by atoms with Crippen LogP contribution < -0.4 is 4.90 Å². The summed E-state index contributed by atoms with van der Waals surface area (Å²) >= 11 is 6.04. The van der Waals surface area contributed by atoms with Crippen molar-refractivity contribution in [3.05, 3.63) is 76.7 Å². The van der Waals surface area contributed by atoms with Crippen LogP contribution in [-0.2, 0) is 7.05 Å². The summed E-state index contributed by atoms with van der Waals surface area (Å²) < 4.78 is 14.9. The summed E-state index contributed by atoms with van der Waals surface area (Å²) in [6.45, 7) is 0. The molecular weight excluding hydrogens is 395 g/mol. The van der Waals surface area contributed by atoms with Crippen LogP contribution >= 0.6 is 11.6 Å². The minimum atomic E-state index is -0.476. The first-order chi connectivity index (χ1) is 14.0. The Morgan fingerprint density at radius 1 is 1.03 bits per heavy atom. The highest BCUT2D eigenvalue weighted by Gasteiger charge is 2.40. The van der Waals surface area contributed by atoms with E-state index in [1.54, 1.807) is 43.4 Å². The molecule has 0 spiro atoms. The smallest absolute Gasteiger partial charge is 0.267 e. The fraction of sp³-hybridized carbons (Fsp3) is 0.0476. The zero-order chi connectivity index (χ0) is 20.3. The van der Waals surface area contributed by atoms with E-state index in [-0.39, 0.29) is 16.9 Å². The third-order valence-corrected chi connectivity index (χ3v) is 5.12. The highest BCUT2D eigenvalue weighted by atomic mass is 35.5. The molecule has 2 aromatic heterocycles. The number of anilines is 1. The third-order valence-electron chi connectivity index (χ3n) is 4.89. The lowest BCUT2D eigenvalue weighted by atomic mass is 10.0. The van der Waals surface area contributed by atoms with Gasteiger partial charge in [-0.15, -0.1) is 0 Å². The predicted octanol–water partition coefficient (Wildman–Crippen LogP) is 4.23. The first-order valence-corrected chi connectivity index (χ1v) is 9.09. The average Bonchev–Trinajstić information content (AvgIpc) is 3.17. The molecule has 1 aliphatic rings. The van der Waals surface area contributed by atoms with Crippen molar-refractivity contribution in [3.63, 3.8) is 0 Å². The molecule has 5 rings (SSSR count). The maximum atomic E-state index is 13.4. The Balaban J connectivity index is 1.77. The molecule has 2 aromatic carbocycles. The molecule has 0 atom stereocenters. The van der Waals surface area contributed by atoms with Crippen LogP contribution in [0.2, 0.25) is 5.02 Å². The van der Waals surface area contributed by atoms with Crippen LogP contribution in [0.15, 0.2) is 54.7 Å². The van der Waals surface area contributed by atoms with Crippen LogP contribution in [0.3, 0.4) is 0 Å². The van der Waals surface area contributed by atoms with Gasteiger partial charge in [-0.1, -0.05) is 17.7 Å². The second-order valence-corrected chi connectivity index (χ2v) is 7.09. The number of rotatable bonds is 2. The number of aromatic nitrogens is 3. The maximum Gasteiger partial charge on any atom is 0.267 e. The normalized spacial score (nSPS) is 13.4. The second-order valence-electron chi connectivity index (χ2n) is 6.65. The lowest BCUT2D eigenvalue weighted by Crippen LogP contribution is -2.29. The fourth-order valence-corrected chi connectivity index (χ4v) is 3.77. The number of imide groups is 1. The molecule has 0 fully saturated rings. The van der Waals surface area contributed by atoms with E-state index in [2.05, 4.69) is 10.1 Å². The predicted molar refractivity (Wildman–Crippen MR) is 106 cm³/mol. The number of aryl methyl sites for hydroxylation is 1. The van der Waals surface area contributed by atoms with Crippen molar-refractivity contribution in [3.8, 4) is 11.3 Å². The fourth-order valence-electron chi connectivity index (χ4n) is 3.59. The maximum absolute atomic E-state index is 13.4. The van der Waals surface area contributed by atoms with Gasteiger partial charge in [-0.25, -0.2) is 19.0 Å². The summed E-state index contributed by atoms with van der Waals surface area (Å²) in [4.78, 5) is 31.8. The van der Waals surface area contributed by atoms with Crippen LogP contribution in [0.5, 0.6) is 0 Å². The number of hydrogen-bond acceptors (Lipinski definition) is 4. The topological polar surface area (TPSA) is 68.1 Å². The molecular formula is C21H12ClFN4O2. The van der Waals surface area contributed by atoms with E-state index in [4.69, 9.17) is 11.6 Å². The van der Waals surface area contributed by atoms with Gasteiger partial charge in [0.1, 0.15) is 11.5 Å². The Hall–Kier alpha value is -3.58. The lowest BCUT2D eigenvalue weighted by Gasteiger charge is -2.13. The van der Waals surface area contributed by atoms with E-state index >= 15 is 0 Å².